The predicted octanol–water partition coefficient (Wildman–Crippen LogP) is 3.38. The Bertz CT molecular complexity index is 553. The van der Waals surface area contributed by atoms with Crippen LogP contribution in [0.2, 0.25) is 0 Å². The number of allylic oxidation sites excluding steroid dienone is 1. The molecule has 0 saturated heterocycles. The summed E-state index contributed by atoms with van der Waals surface area (Å²) < 4.78 is 0. The summed E-state index contributed by atoms with van der Waals surface area (Å²) in [5, 5.41) is 2.55. The number of aryl methyl sites for hydroxylation is 1. The summed E-state index contributed by atoms with van der Waals surface area (Å²) in [4.78, 5) is 0. The van der Waals surface area contributed by atoms with Crippen molar-refractivity contribution >= 4 is 22.5 Å². The van der Waals surface area contributed by atoms with Crippen molar-refractivity contribution in [3.63, 3.8) is 0 Å². The highest BCUT2D eigenvalue weighted by Gasteiger charge is 2.07. The van der Waals surface area contributed by atoms with E-state index < -0.39 is 0 Å². The van der Waals surface area contributed by atoms with Crippen molar-refractivity contribution in [2.24, 2.45) is 0 Å². The van der Waals surface area contributed by atoms with Gasteiger partial charge in [0.2, 0.25) is 0 Å². The number of hydrogen-bond donors (Lipinski definition) is 1. The van der Waals surface area contributed by atoms with Crippen molar-refractivity contribution < 1.29 is 0 Å². The number of benzene rings is 2. The first-order valence-corrected chi connectivity index (χ1v) is 5.32. The lowest BCUT2D eigenvalue weighted by atomic mass is 9.92. The average molecular weight is 195 g/mol. The molecule has 0 fully saturated rings. The molecule has 0 heterocycles. The highest BCUT2D eigenvalue weighted by molar-refractivity contribution is 5.94. The Kier molecular flexibility index (Phi) is 1.78. The summed E-state index contributed by atoms with van der Waals surface area (Å²) in [7, 11) is 0. The van der Waals surface area contributed by atoms with Crippen molar-refractivity contribution in [1.29, 1.82) is 0 Å². The van der Waals surface area contributed by atoms with E-state index >= 15 is 0 Å². The van der Waals surface area contributed by atoms with E-state index in [-0.39, 0.29) is 0 Å². The van der Waals surface area contributed by atoms with E-state index in [1.54, 1.807) is 0 Å². The van der Waals surface area contributed by atoms with Crippen molar-refractivity contribution in [3.8, 4) is 0 Å². The first-order chi connectivity index (χ1) is 7.34. The first-order valence-electron chi connectivity index (χ1n) is 5.32. The lowest BCUT2D eigenvalue weighted by Gasteiger charge is -2.13. The molecule has 1 heteroatoms. The van der Waals surface area contributed by atoms with Crippen LogP contribution < -0.4 is 5.73 Å². The van der Waals surface area contributed by atoms with E-state index in [1.165, 1.54) is 21.9 Å². The topological polar surface area (TPSA) is 26.0 Å². The number of hydrogen-bond acceptors (Lipinski definition) is 1. The van der Waals surface area contributed by atoms with Crippen LogP contribution in [0.5, 0.6) is 0 Å². The maximum Gasteiger partial charge on any atom is 0.0320 e. The lowest BCUT2D eigenvalue weighted by molar-refractivity contribution is 0.990. The normalized spacial score (nSPS) is 14.1. The van der Waals surface area contributed by atoms with Gasteiger partial charge in [-0.15, -0.1) is 0 Å². The molecule has 0 bridgehead atoms. The van der Waals surface area contributed by atoms with Crippen LogP contribution in [0.4, 0.5) is 5.69 Å². The third-order valence-corrected chi connectivity index (χ3v) is 3.04. The van der Waals surface area contributed by atoms with Gasteiger partial charge in [0.15, 0.2) is 0 Å². The number of fused-ring (bicyclic) bond motifs is 3. The molecule has 0 aliphatic heterocycles. The Morgan fingerprint density at radius 1 is 1.07 bits per heavy atom. The third kappa shape index (κ3) is 1.32. The van der Waals surface area contributed by atoms with Crippen molar-refractivity contribution in [3.05, 3.63) is 47.5 Å². The SMILES string of the molecule is Nc1ccc2ccc3c(c2c1)C=CCC3. The van der Waals surface area contributed by atoms with Gasteiger partial charge in [0.25, 0.3) is 0 Å². The fraction of sp³-hybridized carbons (Fsp3) is 0.143. The molecule has 1 aliphatic rings. The molecule has 0 aromatic heterocycles. The lowest BCUT2D eigenvalue weighted by Crippen LogP contribution is -1.95. The highest BCUT2D eigenvalue weighted by Crippen LogP contribution is 2.29. The van der Waals surface area contributed by atoms with Crippen LogP contribution in [0, 0.1) is 0 Å². The van der Waals surface area contributed by atoms with E-state index in [9.17, 15) is 0 Å². The molecule has 0 spiro atoms. The van der Waals surface area contributed by atoms with E-state index in [0.29, 0.717) is 0 Å². The molecule has 15 heavy (non-hydrogen) atoms. The van der Waals surface area contributed by atoms with Gasteiger partial charge < -0.3 is 5.73 Å². The molecule has 3 rings (SSSR count). The predicted molar refractivity (Wildman–Crippen MR) is 65.7 cm³/mol. The maximum atomic E-state index is 5.83. The van der Waals surface area contributed by atoms with Crippen molar-refractivity contribution in [1.82, 2.24) is 0 Å². The van der Waals surface area contributed by atoms with Gasteiger partial charge in [0.1, 0.15) is 0 Å². The molecule has 2 aromatic carbocycles. The second-order valence-corrected chi connectivity index (χ2v) is 4.06. The molecule has 0 saturated carbocycles. The molecule has 0 amide bonds. The number of nitrogens with two attached hydrogens (primary N) is 1. The molecule has 0 atom stereocenters. The van der Waals surface area contributed by atoms with Crippen LogP contribution in [0.1, 0.15) is 17.5 Å². The van der Waals surface area contributed by atoms with E-state index in [0.717, 1.165) is 18.5 Å². The van der Waals surface area contributed by atoms with E-state index in [2.05, 4.69) is 36.4 Å². The summed E-state index contributed by atoms with van der Waals surface area (Å²) in [5.41, 5.74) is 9.47. The zero-order valence-corrected chi connectivity index (χ0v) is 8.53. The molecule has 0 unspecified atom stereocenters. The summed E-state index contributed by atoms with van der Waals surface area (Å²) in [6, 6.07) is 10.5. The molecular formula is C14H13N. The highest BCUT2D eigenvalue weighted by atomic mass is 14.5. The van der Waals surface area contributed by atoms with Gasteiger partial charge in [-0.2, -0.15) is 0 Å². The van der Waals surface area contributed by atoms with Gasteiger partial charge in [0, 0.05) is 5.69 Å². The summed E-state index contributed by atoms with van der Waals surface area (Å²) in [6.07, 6.45) is 6.77. The first kappa shape index (κ1) is 8.54. The fourth-order valence-electron chi connectivity index (χ4n) is 2.26. The van der Waals surface area contributed by atoms with Gasteiger partial charge in [-0.3, -0.25) is 0 Å². The molecule has 0 radical (unpaired) electrons. The van der Waals surface area contributed by atoms with E-state index in [1.807, 2.05) is 6.07 Å². The van der Waals surface area contributed by atoms with Gasteiger partial charge in [-0.1, -0.05) is 30.4 Å². The van der Waals surface area contributed by atoms with Gasteiger partial charge in [-0.05, 0) is 46.9 Å². The summed E-state index contributed by atoms with van der Waals surface area (Å²) in [6.45, 7) is 0. The molecule has 2 aromatic rings. The maximum absolute atomic E-state index is 5.83. The number of anilines is 1. The Hall–Kier alpha value is -1.76. The van der Waals surface area contributed by atoms with Gasteiger partial charge in [0.05, 0.1) is 0 Å². The zero-order chi connectivity index (χ0) is 10.3. The van der Waals surface area contributed by atoms with Crippen LogP contribution in [0.3, 0.4) is 0 Å². The molecule has 2 N–H and O–H groups in total. The van der Waals surface area contributed by atoms with E-state index in [4.69, 9.17) is 5.73 Å². The summed E-state index contributed by atoms with van der Waals surface area (Å²) in [5.74, 6) is 0. The minimum atomic E-state index is 0.842. The largest absolute Gasteiger partial charge is 0.399 e. The molecular weight excluding hydrogens is 182 g/mol. The third-order valence-electron chi connectivity index (χ3n) is 3.04. The second kappa shape index (κ2) is 3.13. The van der Waals surface area contributed by atoms with Crippen molar-refractivity contribution in [2.75, 3.05) is 5.73 Å². The molecule has 1 aliphatic carbocycles. The van der Waals surface area contributed by atoms with Crippen LogP contribution in [0.15, 0.2) is 36.4 Å². The van der Waals surface area contributed by atoms with Gasteiger partial charge in [-0.25, -0.2) is 0 Å². The number of nitrogen functional groups attached to an aromatic ring is 1. The molecule has 1 nitrogen and oxygen atoms in total. The quantitative estimate of drug-likeness (QED) is 0.641. The fourth-order valence-corrected chi connectivity index (χ4v) is 2.26. The van der Waals surface area contributed by atoms with Crippen LogP contribution >= 0.6 is 0 Å². The smallest absolute Gasteiger partial charge is 0.0320 e. The Labute approximate surface area is 89.2 Å². The minimum absolute atomic E-state index is 0.842. The molecule has 74 valence electrons. The second-order valence-electron chi connectivity index (χ2n) is 4.06. The minimum Gasteiger partial charge on any atom is -0.399 e. The van der Waals surface area contributed by atoms with Crippen molar-refractivity contribution in [2.45, 2.75) is 12.8 Å². The van der Waals surface area contributed by atoms with Crippen LogP contribution in [-0.4, -0.2) is 0 Å². The van der Waals surface area contributed by atoms with Crippen LogP contribution in [0.25, 0.3) is 16.8 Å². The number of rotatable bonds is 0. The Balaban J connectivity index is 2.41. The standard InChI is InChI=1S/C14H13N/c15-12-8-7-11-6-5-10-3-1-2-4-13(10)14(11)9-12/h2,4-9H,1,3,15H2. The Morgan fingerprint density at radius 2 is 1.93 bits per heavy atom. The Morgan fingerprint density at radius 3 is 2.87 bits per heavy atom. The van der Waals surface area contributed by atoms with Crippen LogP contribution in [-0.2, 0) is 6.42 Å². The summed E-state index contributed by atoms with van der Waals surface area (Å²) >= 11 is 0. The average Bonchev–Trinajstić information content (AvgIpc) is 2.29. The zero-order valence-electron chi connectivity index (χ0n) is 8.53. The monoisotopic (exact) mass is 195 g/mol. The van der Waals surface area contributed by atoms with Gasteiger partial charge >= 0.3 is 0 Å².